The fourth-order valence-corrected chi connectivity index (χ4v) is 4.42. The van der Waals surface area contributed by atoms with Crippen LogP contribution in [0, 0.1) is 19.7 Å². The second kappa shape index (κ2) is 7.20. The Morgan fingerprint density at radius 3 is 2.70 bits per heavy atom. The molecule has 0 spiro atoms. The van der Waals surface area contributed by atoms with Gasteiger partial charge in [0.1, 0.15) is 17.7 Å². The standard InChI is InChI=1S/C17H18FN3O5S/c1-10-7-16(20-11(2)19-10)26-12-5-6-21(9-12)27(24,25)13-3-4-15(18)14(8-13)17(22)23/h3-4,7-8,12H,5-6,9H2,1-2H3,(H,22,23). The number of aromatic nitrogens is 2. The summed E-state index contributed by atoms with van der Waals surface area (Å²) in [5, 5.41) is 8.99. The molecule has 2 aromatic rings. The Balaban J connectivity index is 1.77. The quantitative estimate of drug-likeness (QED) is 0.822. The molecule has 1 fully saturated rings. The van der Waals surface area contributed by atoms with E-state index in [-0.39, 0.29) is 18.0 Å². The van der Waals surface area contributed by atoms with Crippen molar-refractivity contribution in [2.75, 3.05) is 13.1 Å². The molecule has 1 aromatic carbocycles. The molecule has 1 aliphatic rings. The maximum atomic E-state index is 13.5. The summed E-state index contributed by atoms with van der Waals surface area (Å²) in [4.78, 5) is 19.1. The third-order valence-electron chi connectivity index (χ3n) is 4.14. The Labute approximate surface area is 155 Å². The monoisotopic (exact) mass is 395 g/mol. The minimum Gasteiger partial charge on any atom is -0.478 e. The summed E-state index contributed by atoms with van der Waals surface area (Å²) in [5.74, 6) is -1.58. The summed E-state index contributed by atoms with van der Waals surface area (Å²) in [6.07, 6.45) is 0.0572. The van der Waals surface area contributed by atoms with Gasteiger partial charge in [-0.15, -0.1) is 0 Å². The number of benzene rings is 1. The van der Waals surface area contributed by atoms with Gasteiger partial charge in [-0.25, -0.2) is 22.6 Å². The molecule has 1 unspecified atom stereocenters. The van der Waals surface area contributed by atoms with Crippen molar-refractivity contribution in [3.05, 3.63) is 47.2 Å². The molecule has 2 heterocycles. The number of carboxylic acid groups (broad SMARTS) is 1. The van der Waals surface area contributed by atoms with E-state index in [1.165, 1.54) is 4.31 Å². The molecule has 8 nitrogen and oxygen atoms in total. The van der Waals surface area contributed by atoms with Crippen LogP contribution in [0.2, 0.25) is 0 Å². The number of halogens is 1. The van der Waals surface area contributed by atoms with Crippen LogP contribution in [0.5, 0.6) is 5.88 Å². The van der Waals surface area contributed by atoms with Crippen LogP contribution < -0.4 is 4.74 Å². The highest BCUT2D eigenvalue weighted by Gasteiger charge is 2.34. The molecule has 1 N–H and O–H groups in total. The van der Waals surface area contributed by atoms with E-state index < -0.39 is 33.5 Å². The maximum Gasteiger partial charge on any atom is 0.338 e. The van der Waals surface area contributed by atoms with Crippen molar-refractivity contribution in [1.29, 1.82) is 0 Å². The summed E-state index contributed by atoms with van der Waals surface area (Å²) in [6.45, 7) is 3.83. The zero-order chi connectivity index (χ0) is 19.8. The number of ether oxygens (including phenoxy) is 1. The number of aromatic carboxylic acids is 1. The molecule has 1 saturated heterocycles. The number of nitrogens with zero attached hydrogens (tertiary/aromatic N) is 3. The maximum absolute atomic E-state index is 13.5. The van der Waals surface area contributed by atoms with Gasteiger partial charge in [-0.1, -0.05) is 0 Å². The second-order valence-electron chi connectivity index (χ2n) is 6.23. The van der Waals surface area contributed by atoms with Crippen LogP contribution >= 0.6 is 0 Å². The summed E-state index contributed by atoms with van der Waals surface area (Å²) < 4.78 is 46.0. The smallest absolute Gasteiger partial charge is 0.338 e. The molecule has 27 heavy (non-hydrogen) atoms. The molecule has 0 radical (unpaired) electrons. The molecular weight excluding hydrogens is 377 g/mol. The minimum absolute atomic E-state index is 0.0875. The third kappa shape index (κ3) is 4.06. The van der Waals surface area contributed by atoms with Gasteiger partial charge < -0.3 is 9.84 Å². The molecule has 0 saturated carbocycles. The Kier molecular flexibility index (Phi) is 5.11. The van der Waals surface area contributed by atoms with Crippen molar-refractivity contribution in [2.45, 2.75) is 31.3 Å². The molecule has 1 aromatic heterocycles. The number of sulfonamides is 1. The first-order chi connectivity index (χ1) is 12.7. The lowest BCUT2D eigenvalue weighted by atomic mass is 10.2. The van der Waals surface area contributed by atoms with Gasteiger partial charge in [0.2, 0.25) is 15.9 Å². The van der Waals surface area contributed by atoms with E-state index in [2.05, 4.69) is 9.97 Å². The van der Waals surface area contributed by atoms with E-state index in [1.54, 1.807) is 13.0 Å². The van der Waals surface area contributed by atoms with E-state index in [4.69, 9.17) is 9.84 Å². The van der Waals surface area contributed by atoms with Crippen LogP contribution in [0.25, 0.3) is 0 Å². The van der Waals surface area contributed by atoms with Gasteiger partial charge in [0.15, 0.2) is 0 Å². The average molecular weight is 395 g/mol. The Bertz CT molecular complexity index is 976. The summed E-state index contributed by atoms with van der Waals surface area (Å²) in [6, 6.07) is 4.40. The number of hydrogen-bond acceptors (Lipinski definition) is 6. The SMILES string of the molecule is Cc1cc(OC2CCN(S(=O)(=O)c3ccc(F)c(C(=O)O)c3)C2)nc(C)n1. The number of aryl methyl sites for hydroxylation is 2. The van der Waals surface area contributed by atoms with Crippen LogP contribution in [0.3, 0.4) is 0 Å². The molecule has 0 amide bonds. The zero-order valence-electron chi connectivity index (χ0n) is 14.7. The number of carbonyl (C=O) groups is 1. The topological polar surface area (TPSA) is 110 Å². The molecule has 10 heteroatoms. The lowest BCUT2D eigenvalue weighted by Gasteiger charge is -2.17. The van der Waals surface area contributed by atoms with Crippen molar-refractivity contribution in [1.82, 2.24) is 14.3 Å². The van der Waals surface area contributed by atoms with E-state index in [9.17, 15) is 17.6 Å². The predicted molar refractivity (Wildman–Crippen MR) is 92.7 cm³/mol. The highest BCUT2D eigenvalue weighted by molar-refractivity contribution is 7.89. The highest BCUT2D eigenvalue weighted by Crippen LogP contribution is 2.25. The van der Waals surface area contributed by atoms with Gasteiger partial charge in [0.25, 0.3) is 0 Å². The van der Waals surface area contributed by atoms with Crippen LogP contribution in [0.4, 0.5) is 4.39 Å². The summed E-state index contributed by atoms with van der Waals surface area (Å²) >= 11 is 0. The van der Waals surface area contributed by atoms with Crippen LogP contribution in [0.1, 0.15) is 28.3 Å². The van der Waals surface area contributed by atoms with Crippen molar-refractivity contribution >= 4 is 16.0 Å². The van der Waals surface area contributed by atoms with Gasteiger partial charge in [0, 0.05) is 18.3 Å². The average Bonchev–Trinajstić information content (AvgIpc) is 3.03. The fourth-order valence-electron chi connectivity index (χ4n) is 2.90. The molecule has 144 valence electrons. The number of carboxylic acids is 1. The van der Waals surface area contributed by atoms with Gasteiger partial charge in [-0.2, -0.15) is 9.29 Å². The van der Waals surface area contributed by atoms with Gasteiger partial charge in [-0.3, -0.25) is 0 Å². The third-order valence-corrected chi connectivity index (χ3v) is 6.00. The molecular formula is C17H18FN3O5S. The van der Waals surface area contributed by atoms with Gasteiger partial charge >= 0.3 is 5.97 Å². The lowest BCUT2D eigenvalue weighted by molar-refractivity contribution is 0.0691. The summed E-state index contributed by atoms with van der Waals surface area (Å²) in [7, 11) is -3.96. The lowest BCUT2D eigenvalue weighted by Crippen LogP contribution is -2.31. The van der Waals surface area contributed by atoms with Gasteiger partial charge in [-0.05, 0) is 38.5 Å². The van der Waals surface area contributed by atoms with Crippen LogP contribution in [-0.4, -0.2) is 53.0 Å². The fraction of sp³-hybridized carbons (Fsp3) is 0.353. The first kappa shape index (κ1) is 19.2. The first-order valence-electron chi connectivity index (χ1n) is 8.19. The van der Waals surface area contributed by atoms with E-state index >= 15 is 0 Å². The van der Waals surface area contributed by atoms with E-state index in [0.29, 0.717) is 18.1 Å². The highest BCUT2D eigenvalue weighted by atomic mass is 32.2. The number of hydrogen-bond donors (Lipinski definition) is 1. The van der Waals surface area contributed by atoms with Crippen molar-refractivity contribution in [3.8, 4) is 5.88 Å². The van der Waals surface area contributed by atoms with E-state index in [0.717, 1.165) is 23.9 Å². The predicted octanol–water partition coefficient (Wildman–Crippen LogP) is 1.77. The first-order valence-corrected chi connectivity index (χ1v) is 9.63. The zero-order valence-corrected chi connectivity index (χ0v) is 15.5. The van der Waals surface area contributed by atoms with Crippen LogP contribution in [-0.2, 0) is 10.0 Å². The Morgan fingerprint density at radius 2 is 2.04 bits per heavy atom. The van der Waals surface area contributed by atoms with Crippen molar-refractivity contribution in [2.24, 2.45) is 0 Å². The van der Waals surface area contributed by atoms with Crippen LogP contribution in [0.15, 0.2) is 29.2 Å². The minimum atomic E-state index is -3.96. The molecule has 1 aliphatic heterocycles. The number of rotatable bonds is 5. The normalized spacial score (nSPS) is 17.8. The molecule has 0 aliphatic carbocycles. The molecule has 1 atom stereocenters. The Hall–Kier alpha value is -2.59. The van der Waals surface area contributed by atoms with Crippen molar-refractivity contribution < 1.29 is 27.4 Å². The van der Waals surface area contributed by atoms with Gasteiger partial charge in [0.05, 0.1) is 17.0 Å². The van der Waals surface area contributed by atoms with Crippen molar-refractivity contribution in [3.63, 3.8) is 0 Å². The van der Waals surface area contributed by atoms with E-state index in [1.807, 2.05) is 6.92 Å². The Morgan fingerprint density at radius 1 is 1.30 bits per heavy atom. The molecule has 3 rings (SSSR count). The second-order valence-corrected chi connectivity index (χ2v) is 8.17. The summed E-state index contributed by atoms with van der Waals surface area (Å²) in [5.41, 5.74) is 0.0579. The molecule has 0 bridgehead atoms. The largest absolute Gasteiger partial charge is 0.478 e.